The highest BCUT2D eigenvalue weighted by Crippen LogP contribution is 2.38. The summed E-state index contributed by atoms with van der Waals surface area (Å²) in [6.07, 6.45) is 14.3. The number of nitrogens with one attached hydrogen (secondary N) is 2. The van der Waals surface area contributed by atoms with Crippen LogP contribution in [-0.4, -0.2) is 46.1 Å². The van der Waals surface area contributed by atoms with Crippen LogP contribution in [0, 0.1) is 0 Å². The molecule has 0 bridgehead atoms. The van der Waals surface area contributed by atoms with Crippen molar-refractivity contribution in [3.63, 3.8) is 0 Å². The molecule has 0 saturated carbocycles. The molecule has 2 aromatic heterocycles. The van der Waals surface area contributed by atoms with Crippen LogP contribution in [0.1, 0.15) is 75.0 Å². The van der Waals surface area contributed by atoms with E-state index in [0.717, 1.165) is 24.8 Å². The highest BCUT2D eigenvalue weighted by atomic mass is 15.2. The maximum Gasteiger partial charge on any atom is 0.137 e. The Bertz CT molecular complexity index is 1140. The lowest BCUT2D eigenvalue weighted by Gasteiger charge is -2.41. The summed E-state index contributed by atoms with van der Waals surface area (Å²) in [7, 11) is 0. The van der Waals surface area contributed by atoms with Gasteiger partial charge in [-0.2, -0.15) is 0 Å². The molecule has 2 saturated heterocycles. The predicted molar refractivity (Wildman–Crippen MR) is 137 cm³/mol. The minimum atomic E-state index is 0.338. The summed E-state index contributed by atoms with van der Waals surface area (Å²) in [6.45, 7) is 8.46. The number of benzene rings is 1. The van der Waals surface area contributed by atoms with Crippen molar-refractivity contribution in [3.05, 3.63) is 53.3 Å². The Hall–Kier alpha value is -2.17. The molecule has 0 spiro atoms. The van der Waals surface area contributed by atoms with Crippen molar-refractivity contribution in [1.82, 2.24) is 20.2 Å². The average Bonchev–Trinajstić information content (AvgIpc) is 3.44. The maximum atomic E-state index is 4.81. The average molecular weight is 443 g/mol. The molecule has 2 N–H and O–H groups in total. The molecule has 0 radical (unpaired) electrons. The van der Waals surface area contributed by atoms with Crippen molar-refractivity contribution in [2.24, 2.45) is 0 Å². The molecular formula is C29H38N4. The first-order valence-electron chi connectivity index (χ1n) is 13.2. The smallest absolute Gasteiger partial charge is 0.137 e. The van der Waals surface area contributed by atoms with Crippen LogP contribution in [0.25, 0.3) is 22.2 Å². The van der Waals surface area contributed by atoms with E-state index in [1.807, 2.05) is 0 Å². The summed E-state index contributed by atoms with van der Waals surface area (Å²) in [5.74, 6) is 0.634. The van der Waals surface area contributed by atoms with E-state index in [2.05, 4.69) is 65.7 Å². The fourth-order valence-electron chi connectivity index (χ4n) is 6.89. The van der Waals surface area contributed by atoms with Crippen molar-refractivity contribution in [1.29, 1.82) is 0 Å². The number of hydrogen-bond acceptors (Lipinski definition) is 3. The summed E-state index contributed by atoms with van der Waals surface area (Å²) in [5.41, 5.74) is 8.49. The van der Waals surface area contributed by atoms with Crippen molar-refractivity contribution in [2.45, 2.75) is 82.7 Å². The fraction of sp³-hybridized carbons (Fsp3) is 0.552. The molecule has 0 amide bonds. The highest BCUT2D eigenvalue weighted by molar-refractivity contribution is 5.85. The minimum Gasteiger partial charge on any atom is -0.346 e. The number of aromatic nitrogens is 2. The molecular weight excluding hydrogens is 404 g/mol. The van der Waals surface area contributed by atoms with Crippen LogP contribution in [0.4, 0.5) is 0 Å². The summed E-state index contributed by atoms with van der Waals surface area (Å²) >= 11 is 0. The molecule has 2 unspecified atom stereocenters. The molecule has 6 rings (SSSR count). The quantitative estimate of drug-likeness (QED) is 0.503. The van der Waals surface area contributed by atoms with Gasteiger partial charge in [0.15, 0.2) is 0 Å². The Kier molecular flexibility index (Phi) is 5.54. The van der Waals surface area contributed by atoms with Gasteiger partial charge in [-0.3, -0.25) is 4.90 Å². The van der Waals surface area contributed by atoms with Crippen molar-refractivity contribution < 1.29 is 0 Å². The molecule has 3 aliphatic rings. The van der Waals surface area contributed by atoms with Gasteiger partial charge in [-0.15, -0.1) is 0 Å². The monoisotopic (exact) mass is 442 g/mol. The summed E-state index contributed by atoms with van der Waals surface area (Å²) < 4.78 is 0. The molecule has 2 aliphatic heterocycles. The van der Waals surface area contributed by atoms with Gasteiger partial charge in [-0.1, -0.05) is 18.2 Å². The van der Waals surface area contributed by atoms with Crippen LogP contribution in [0.15, 0.2) is 36.7 Å². The summed E-state index contributed by atoms with van der Waals surface area (Å²) in [6, 6.07) is 10.3. The second-order valence-corrected chi connectivity index (χ2v) is 11.1. The molecule has 1 aliphatic carbocycles. The molecule has 4 nitrogen and oxygen atoms in total. The molecule has 1 aromatic carbocycles. The van der Waals surface area contributed by atoms with E-state index in [4.69, 9.17) is 4.98 Å². The number of likely N-dealkylation sites (tertiary alicyclic amines) is 1. The largest absolute Gasteiger partial charge is 0.346 e. The molecule has 2 atom stereocenters. The van der Waals surface area contributed by atoms with Crippen LogP contribution < -0.4 is 5.32 Å². The predicted octanol–water partition coefficient (Wildman–Crippen LogP) is 5.82. The van der Waals surface area contributed by atoms with Crippen LogP contribution in [-0.2, 0) is 12.8 Å². The van der Waals surface area contributed by atoms with Crippen molar-refractivity contribution in [2.75, 3.05) is 19.6 Å². The number of nitrogens with zero attached hydrogens (tertiary/aromatic N) is 2. The van der Waals surface area contributed by atoms with E-state index in [0.29, 0.717) is 11.5 Å². The molecule has 33 heavy (non-hydrogen) atoms. The van der Waals surface area contributed by atoms with E-state index in [9.17, 15) is 0 Å². The van der Waals surface area contributed by atoms with Crippen LogP contribution >= 0.6 is 0 Å². The van der Waals surface area contributed by atoms with Gasteiger partial charge in [0, 0.05) is 34.9 Å². The molecule has 3 aromatic rings. The van der Waals surface area contributed by atoms with Crippen LogP contribution in [0.3, 0.4) is 0 Å². The lowest BCUT2D eigenvalue weighted by molar-refractivity contribution is 0.0821. The van der Waals surface area contributed by atoms with Gasteiger partial charge in [0.2, 0.25) is 0 Å². The Labute approximate surface area is 198 Å². The van der Waals surface area contributed by atoms with Gasteiger partial charge < -0.3 is 10.3 Å². The fourth-order valence-corrected chi connectivity index (χ4v) is 6.89. The number of H-pyrrole nitrogens is 1. The van der Waals surface area contributed by atoms with Gasteiger partial charge in [-0.05, 0) is 119 Å². The van der Waals surface area contributed by atoms with E-state index in [1.54, 1.807) is 11.1 Å². The first kappa shape index (κ1) is 21.4. The van der Waals surface area contributed by atoms with Gasteiger partial charge >= 0.3 is 0 Å². The van der Waals surface area contributed by atoms with E-state index >= 15 is 0 Å². The van der Waals surface area contributed by atoms with E-state index in [1.165, 1.54) is 80.0 Å². The number of pyridine rings is 1. The highest BCUT2D eigenvalue weighted by Gasteiger charge is 2.38. The number of aromatic amines is 1. The third-order valence-electron chi connectivity index (χ3n) is 8.99. The number of rotatable bonds is 3. The second kappa shape index (κ2) is 8.56. The lowest BCUT2D eigenvalue weighted by atomic mass is 9.89. The lowest BCUT2D eigenvalue weighted by Crippen LogP contribution is -2.48. The normalized spacial score (nSPS) is 27.0. The summed E-state index contributed by atoms with van der Waals surface area (Å²) in [5, 5.41) is 4.80. The Balaban J connectivity index is 1.28. The number of aryl methyl sites for hydroxylation is 2. The first-order valence-corrected chi connectivity index (χ1v) is 13.2. The zero-order chi connectivity index (χ0) is 22.4. The third kappa shape index (κ3) is 3.91. The van der Waals surface area contributed by atoms with Crippen molar-refractivity contribution in [3.8, 4) is 11.1 Å². The van der Waals surface area contributed by atoms with Crippen LogP contribution in [0.5, 0.6) is 0 Å². The van der Waals surface area contributed by atoms with Crippen LogP contribution in [0.2, 0.25) is 0 Å². The zero-order valence-electron chi connectivity index (χ0n) is 20.3. The van der Waals surface area contributed by atoms with Gasteiger partial charge in [0.1, 0.15) is 5.65 Å². The van der Waals surface area contributed by atoms with E-state index < -0.39 is 0 Å². The Morgan fingerprint density at radius 3 is 2.61 bits per heavy atom. The number of fused-ring (bicyclic) bond motifs is 2. The zero-order valence-corrected chi connectivity index (χ0v) is 20.3. The SMILES string of the molecule is CC1CCCN1C1(C)CCc2ccc(-c3cnc4[nH]cc(C5CCNCC5)c4c3)cc2CC1. The molecule has 4 heterocycles. The summed E-state index contributed by atoms with van der Waals surface area (Å²) in [4.78, 5) is 11.0. The second-order valence-electron chi connectivity index (χ2n) is 11.1. The molecule has 4 heteroatoms. The first-order chi connectivity index (χ1) is 16.1. The molecule has 2 fully saturated rings. The number of piperidine rings is 1. The Morgan fingerprint density at radius 1 is 1.00 bits per heavy atom. The molecule has 174 valence electrons. The standard InChI is InChI=1S/C29H38N4/c1-20-4-3-15-33(20)29(2)11-7-21-5-6-23(16-24(21)8-12-29)25-17-26-27(19-32-28(26)31-18-25)22-9-13-30-14-10-22/h5-6,16-20,22,30H,3-4,7-15H2,1-2H3,(H,31,32). The van der Waals surface area contributed by atoms with Crippen molar-refractivity contribution >= 4 is 11.0 Å². The Morgan fingerprint density at radius 2 is 1.82 bits per heavy atom. The third-order valence-corrected chi connectivity index (χ3v) is 8.99. The van der Waals surface area contributed by atoms with E-state index in [-0.39, 0.29) is 0 Å². The van der Waals surface area contributed by atoms with Gasteiger partial charge in [0.25, 0.3) is 0 Å². The number of hydrogen-bond donors (Lipinski definition) is 2. The van der Waals surface area contributed by atoms with Gasteiger partial charge in [-0.25, -0.2) is 4.98 Å². The maximum absolute atomic E-state index is 4.81. The van der Waals surface area contributed by atoms with Gasteiger partial charge in [0.05, 0.1) is 0 Å². The topological polar surface area (TPSA) is 44.0 Å². The minimum absolute atomic E-state index is 0.338.